The highest BCUT2D eigenvalue weighted by Crippen LogP contribution is 2.20. The van der Waals surface area contributed by atoms with Gasteiger partial charge in [-0.2, -0.15) is 0 Å². The average Bonchev–Trinajstić information content (AvgIpc) is 3.23. The molecule has 0 fully saturated rings. The van der Waals surface area contributed by atoms with E-state index in [1.807, 2.05) is 35.7 Å². The van der Waals surface area contributed by atoms with Crippen molar-refractivity contribution in [3.8, 4) is 5.75 Å². The summed E-state index contributed by atoms with van der Waals surface area (Å²) in [6, 6.07) is 18.2. The van der Waals surface area contributed by atoms with Crippen LogP contribution in [0.4, 0.5) is 5.69 Å². The molecule has 0 aliphatic heterocycles. The lowest BCUT2D eigenvalue weighted by atomic mass is 10.1. The van der Waals surface area contributed by atoms with Gasteiger partial charge in [0.2, 0.25) is 0 Å². The van der Waals surface area contributed by atoms with Crippen LogP contribution in [-0.2, 0) is 6.54 Å². The molecule has 0 aliphatic carbocycles. The minimum atomic E-state index is -0.219. The van der Waals surface area contributed by atoms with Crippen LogP contribution < -0.4 is 10.1 Å². The highest BCUT2D eigenvalue weighted by atomic mass is 32.1. The lowest BCUT2D eigenvalue weighted by molar-refractivity contribution is 0.0786. The summed E-state index contributed by atoms with van der Waals surface area (Å²) in [4.78, 5) is 27.5. The summed E-state index contributed by atoms with van der Waals surface area (Å²) in [5, 5.41) is 4.68. The molecule has 0 unspecified atom stereocenters. The van der Waals surface area contributed by atoms with Crippen LogP contribution >= 0.6 is 11.3 Å². The van der Waals surface area contributed by atoms with Gasteiger partial charge in [0.25, 0.3) is 11.8 Å². The molecule has 6 heteroatoms. The Morgan fingerprint density at radius 1 is 1.04 bits per heavy atom. The van der Waals surface area contributed by atoms with Gasteiger partial charge < -0.3 is 15.0 Å². The quantitative estimate of drug-likeness (QED) is 0.694. The van der Waals surface area contributed by atoms with E-state index in [4.69, 9.17) is 4.74 Å². The molecule has 0 spiro atoms. The Balaban J connectivity index is 1.74. The highest BCUT2D eigenvalue weighted by molar-refractivity contribution is 7.12. The molecule has 5 nitrogen and oxygen atoms in total. The molecule has 1 N–H and O–H groups in total. The lowest BCUT2D eigenvalue weighted by Gasteiger charge is -2.19. The predicted molar refractivity (Wildman–Crippen MR) is 108 cm³/mol. The summed E-state index contributed by atoms with van der Waals surface area (Å²) in [6.07, 6.45) is 0. The number of amides is 2. The number of methoxy groups -OCH3 is 1. The molecule has 0 aliphatic rings. The van der Waals surface area contributed by atoms with Crippen LogP contribution in [0.25, 0.3) is 0 Å². The van der Waals surface area contributed by atoms with Gasteiger partial charge in [-0.25, -0.2) is 0 Å². The molecule has 0 saturated carbocycles. The second-order valence-corrected chi connectivity index (χ2v) is 6.93. The number of carbonyl (C=O) groups excluding carboxylic acids is 2. The Kier molecular flexibility index (Phi) is 5.88. The van der Waals surface area contributed by atoms with E-state index in [2.05, 4.69) is 5.32 Å². The number of nitrogens with zero attached hydrogens (tertiary/aromatic N) is 1. The maximum atomic E-state index is 12.9. The Hall–Kier alpha value is -3.12. The van der Waals surface area contributed by atoms with Crippen molar-refractivity contribution in [3.63, 3.8) is 0 Å². The highest BCUT2D eigenvalue weighted by Gasteiger charge is 2.18. The van der Waals surface area contributed by atoms with Crippen molar-refractivity contribution in [1.82, 2.24) is 4.90 Å². The fourth-order valence-electron chi connectivity index (χ4n) is 2.65. The average molecular weight is 380 g/mol. The van der Waals surface area contributed by atoms with Gasteiger partial charge >= 0.3 is 0 Å². The summed E-state index contributed by atoms with van der Waals surface area (Å²) in [5.74, 6) is 0.394. The number of hydrogen-bond acceptors (Lipinski definition) is 4. The molecule has 0 radical (unpaired) electrons. The van der Waals surface area contributed by atoms with E-state index in [0.717, 1.165) is 11.3 Å². The van der Waals surface area contributed by atoms with Gasteiger partial charge in [-0.1, -0.05) is 30.3 Å². The van der Waals surface area contributed by atoms with Crippen LogP contribution in [0, 0.1) is 0 Å². The summed E-state index contributed by atoms with van der Waals surface area (Å²) >= 11 is 1.36. The van der Waals surface area contributed by atoms with Crippen molar-refractivity contribution in [1.29, 1.82) is 0 Å². The molecular weight excluding hydrogens is 360 g/mol. The third-order valence-corrected chi connectivity index (χ3v) is 4.94. The third kappa shape index (κ3) is 4.54. The SMILES string of the molecule is COc1ccc(CN(C)C(=O)c2ccccc2NC(=O)c2cccs2)cc1. The van der Waals surface area contributed by atoms with E-state index in [-0.39, 0.29) is 11.8 Å². The van der Waals surface area contributed by atoms with Crippen LogP contribution in [0.1, 0.15) is 25.6 Å². The van der Waals surface area contributed by atoms with E-state index < -0.39 is 0 Å². The Morgan fingerprint density at radius 3 is 2.44 bits per heavy atom. The standard InChI is InChI=1S/C21H20N2O3S/c1-23(14-15-9-11-16(26-2)12-10-15)21(25)17-6-3-4-7-18(17)22-20(24)19-8-5-13-27-19/h3-13H,14H2,1-2H3,(H,22,24). The summed E-state index contributed by atoms with van der Waals surface area (Å²) in [5.41, 5.74) is 1.95. The number of rotatable bonds is 6. The molecule has 138 valence electrons. The summed E-state index contributed by atoms with van der Waals surface area (Å²) < 4.78 is 5.15. The number of anilines is 1. The normalized spacial score (nSPS) is 10.3. The molecule has 3 rings (SSSR count). The van der Waals surface area contributed by atoms with Crippen LogP contribution in [0.3, 0.4) is 0 Å². The molecule has 3 aromatic rings. The summed E-state index contributed by atoms with van der Waals surface area (Å²) in [6.45, 7) is 0.454. The van der Waals surface area contributed by atoms with E-state index in [9.17, 15) is 9.59 Å². The van der Waals surface area contributed by atoms with Crippen molar-refractivity contribution in [3.05, 3.63) is 82.0 Å². The maximum Gasteiger partial charge on any atom is 0.265 e. The Bertz CT molecular complexity index is 921. The van der Waals surface area contributed by atoms with Gasteiger partial charge in [-0.3, -0.25) is 9.59 Å². The lowest BCUT2D eigenvalue weighted by Crippen LogP contribution is -2.27. The van der Waals surface area contributed by atoms with Crippen molar-refractivity contribution in [2.75, 3.05) is 19.5 Å². The van der Waals surface area contributed by atoms with E-state index in [0.29, 0.717) is 22.7 Å². The molecular formula is C21H20N2O3S. The molecule has 27 heavy (non-hydrogen) atoms. The number of benzene rings is 2. The van der Waals surface area contributed by atoms with E-state index in [1.165, 1.54) is 11.3 Å². The monoisotopic (exact) mass is 380 g/mol. The largest absolute Gasteiger partial charge is 0.497 e. The number of para-hydroxylation sites is 1. The van der Waals surface area contributed by atoms with Crippen molar-refractivity contribution in [2.24, 2.45) is 0 Å². The molecule has 1 aromatic heterocycles. The number of carbonyl (C=O) groups is 2. The zero-order valence-electron chi connectivity index (χ0n) is 15.1. The van der Waals surface area contributed by atoms with Gasteiger partial charge in [0.1, 0.15) is 5.75 Å². The number of hydrogen-bond donors (Lipinski definition) is 1. The fourth-order valence-corrected chi connectivity index (χ4v) is 3.27. The van der Waals surface area contributed by atoms with Crippen molar-refractivity contribution < 1.29 is 14.3 Å². The molecule has 0 atom stereocenters. The van der Waals surface area contributed by atoms with Gasteiger partial charge in [-0.05, 0) is 41.3 Å². The first kappa shape index (κ1) is 18.7. The minimum Gasteiger partial charge on any atom is -0.497 e. The zero-order valence-corrected chi connectivity index (χ0v) is 16.0. The van der Waals surface area contributed by atoms with Crippen LogP contribution in [0.2, 0.25) is 0 Å². The van der Waals surface area contributed by atoms with Gasteiger partial charge in [0.05, 0.1) is 23.2 Å². The predicted octanol–water partition coefficient (Wildman–Crippen LogP) is 4.28. The van der Waals surface area contributed by atoms with E-state index >= 15 is 0 Å². The van der Waals surface area contributed by atoms with Crippen LogP contribution in [0.5, 0.6) is 5.75 Å². The third-order valence-electron chi connectivity index (χ3n) is 4.08. The zero-order chi connectivity index (χ0) is 19.2. The number of ether oxygens (including phenoxy) is 1. The van der Waals surface area contributed by atoms with Crippen molar-refractivity contribution >= 4 is 28.8 Å². The minimum absolute atomic E-state index is 0.159. The smallest absolute Gasteiger partial charge is 0.265 e. The molecule has 2 aromatic carbocycles. The summed E-state index contributed by atoms with van der Waals surface area (Å²) in [7, 11) is 3.36. The number of thiophene rings is 1. The fraction of sp³-hybridized carbons (Fsp3) is 0.143. The molecule has 1 heterocycles. The molecule has 0 bridgehead atoms. The Labute approximate surface area is 162 Å². The topological polar surface area (TPSA) is 58.6 Å². The first-order valence-corrected chi connectivity index (χ1v) is 9.28. The number of nitrogens with one attached hydrogen (secondary N) is 1. The molecule has 0 saturated heterocycles. The Morgan fingerprint density at radius 2 is 1.78 bits per heavy atom. The first-order chi connectivity index (χ1) is 13.1. The second kappa shape index (κ2) is 8.51. The van der Waals surface area contributed by atoms with E-state index in [1.54, 1.807) is 49.4 Å². The molecule has 2 amide bonds. The van der Waals surface area contributed by atoms with Crippen LogP contribution in [0.15, 0.2) is 66.0 Å². The maximum absolute atomic E-state index is 12.9. The van der Waals surface area contributed by atoms with Gasteiger partial charge in [0.15, 0.2) is 0 Å². The van der Waals surface area contributed by atoms with Gasteiger partial charge in [-0.15, -0.1) is 11.3 Å². The first-order valence-electron chi connectivity index (χ1n) is 8.41. The van der Waals surface area contributed by atoms with Crippen molar-refractivity contribution in [2.45, 2.75) is 6.54 Å². The van der Waals surface area contributed by atoms with Crippen LogP contribution in [-0.4, -0.2) is 30.9 Å². The second-order valence-electron chi connectivity index (χ2n) is 5.99. The van der Waals surface area contributed by atoms with Gasteiger partial charge in [0, 0.05) is 13.6 Å².